The first kappa shape index (κ1) is 21.5. The highest BCUT2D eigenvalue weighted by Gasteiger charge is 2.25. The Morgan fingerprint density at radius 2 is 1.26 bits per heavy atom. The maximum Gasteiger partial charge on any atom is 0.254 e. The number of nitrogens with zero attached hydrogens (tertiary/aromatic N) is 2. The van der Waals surface area contributed by atoms with Crippen molar-refractivity contribution in [3.63, 3.8) is 0 Å². The van der Waals surface area contributed by atoms with Gasteiger partial charge in [0.15, 0.2) is 0 Å². The van der Waals surface area contributed by atoms with E-state index in [2.05, 4.69) is 0 Å². The summed E-state index contributed by atoms with van der Waals surface area (Å²) < 4.78 is 0. The molecule has 1 fully saturated rings. The summed E-state index contributed by atoms with van der Waals surface area (Å²) in [6, 6.07) is 12.1. The molecule has 0 atom stereocenters. The van der Waals surface area contributed by atoms with Crippen LogP contribution in [-0.4, -0.2) is 47.8 Å². The van der Waals surface area contributed by atoms with E-state index in [1.165, 1.54) is 0 Å². The fourth-order valence-electron chi connectivity index (χ4n) is 2.94. The normalized spacial score (nSPS) is 13.9. The second-order valence-corrected chi connectivity index (χ2v) is 7.02. The number of benzene rings is 2. The van der Waals surface area contributed by atoms with Crippen molar-refractivity contribution < 1.29 is 9.59 Å². The van der Waals surface area contributed by atoms with Crippen LogP contribution >= 0.6 is 35.6 Å². The van der Waals surface area contributed by atoms with Gasteiger partial charge in [-0.05, 0) is 35.9 Å². The van der Waals surface area contributed by atoms with Gasteiger partial charge in [0.2, 0.25) is 0 Å². The number of piperazine rings is 1. The first-order valence-corrected chi connectivity index (χ1v) is 9.07. The van der Waals surface area contributed by atoms with E-state index in [-0.39, 0.29) is 24.2 Å². The van der Waals surface area contributed by atoms with Gasteiger partial charge in [0.25, 0.3) is 11.8 Å². The maximum atomic E-state index is 12.6. The maximum absolute atomic E-state index is 12.6. The Labute approximate surface area is 174 Å². The number of amides is 2. The average molecular weight is 429 g/mol. The van der Waals surface area contributed by atoms with Gasteiger partial charge in [-0.1, -0.05) is 35.3 Å². The average Bonchev–Trinajstić information content (AvgIpc) is 2.66. The Kier molecular flexibility index (Phi) is 7.50. The number of carbonyl (C=O) groups excluding carboxylic acids is 2. The molecule has 0 radical (unpaired) electrons. The predicted molar refractivity (Wildman–Crippen MR) is 110 cm³/mol. The predicted octanol–water partition coefficient (Wildman–Crippen LogP) is 3.47. The molecule has 1 aliphatic rings. The van der Waals surface area contributed by atoms with Crippen molar-refractivity contribution >= 4 is 47.4 Å². The highest BCUT2D eigenvalue weighted by atomic mass is 35.5. The zero-order valence-corrected chi connectivity index (χ0v) is 16.9. The third kappa shape index (κ3) is 5.14. The van der Waals surface area contributed by atoms with E-state index < -0.39 is 0 Å². The molecule has 0 bridgehead atoms. The number of hydrogen-bond donors (Lipinski definition) is 1. The summed E-state index contributed by atoms with van der Waals surface area (Å²) in [6.07, 6.45) is 0. The summed E-state index contributed by atoms with van der Waals surface area (Å²) in [5, 5.41) is 0.853. The molecule has 3 rings (SSSR count). The van der Waals surface area contributed by atoms with Crippen molar-refractivity contribution in [1.82, 2.24) is 9.80 Å². The Bertz CT molecular complexity index is 799. The molecule has 2 amide bonds. The lowest BCUT2D eigenvalue weighted by atomic mass is 10.1. The molecule has 5 nitrogen and oxygen atoms in total. The zero-order valence-electron chi connectivity index (χ0n) is 14.5. The Hall–Kier alpha value is -1.79. The van der Waals surface area contributed by atoms with Crippen LogP contribution in [0.5, 0.6) is 0 Å². The van der Waals surface area contributed by atoms with Gasteiger partial charge in [-0.25, -0.2) is 0 Å². The zero-order chi connectivity index (χ0) is 18.7. The van der Waals surface area contributed by atoms with E-state index in [4.69, 9.17) is 28.9 Å². The minimum Gasteiger partial charge on any atom is -0.335 e. The SMILES string of the molecule is Cl.NCc1ccc(C(=O)N2CCN(C(=O)c3cc(Cl)cc(Cl)c3)CC2)cc1. The lowest BCUT2D eigenvalue weighted by Crippen LogP contribution is -2.50. The smallest absolute Gasteiger partial charge is 0.254 e. The van der Waals surface area contributed by atoms with Crippen LogP contribution in [0.15, 0.2) is 42.5 Å². The second kappa shape index (κ2) is 9.42. The van der Waals surface area contributed by atoms with Crippen LogP contribution in [0.2, 0.25) is 10.0 Å². The molecule has 2 N–H and O–H groups in total. The molecule has 1 heterocycles. The molecular formula is C19H20Cl3N3O2. The van der Waals surface area contributed by atoms with Crippen molar-refractivity contribution in [2.75, 3.05) is 26.2 Å². The van der Waals surface area contributed by atoms with Crippen molar-refractivity contribution in [3.05, 3.63) is 69.2 Å². The molecule has 27 heavy (non-hydrogen) atoms. The molecule has 1 saturated heterocycles. The monoisotopic (exact) mass is 427 g/mol. The molecule has 144 valence electrons. The van der Waals surface area contributed by atoms with Crippen LogP contribution in [0.3, 0.4) is 0 Å². The lowest BCUT2D eigenvalue weighted by molar-refractivity contribution is 0.0535. The van der Waals surface area contributed by atoms with Crippen LogP contribution in [-0.2, 0) is 6.54 Å². The van der Waals surface area contributed by atoms with Crippen molar-refractivity contribution in [2.24, 2.45) is 5.73 Å². The number of carbonyl (C=O) groups is 2. The van der Waals surface area contributed by atoms with E-state index in [1.807, 2.05) is 12.1 Å². The van der Waals surface area contributed by atoms with Gasteiger partial charge in [-0.2, -0.15) is 0 Å². The summed E-state index contributed by atoms with van der Waals surface area (Å²) in [5.74, 6) is -0.166. The molecule has 2 aromatic carbocycles. The lowest BCUT2D eigenvalue weighted by Gasteiger charge is -2.35. The van der Waals surface area contributed by atoms with Gasteiger partial charge in [-0.15, -0.1) is 12.4 Å². The highest BCUT2D eigenvalue weighted by molar-refractivity contribution is 6.35. The summed E-state index contributed by atoms with van der Waals surface area (Å²) in [6.45, 7) is 2.35. The molecular weight excluding hydrogens is 409 g/mol. The number of halogens is 3. The van der Waals surface area contributed by atoms with Gasteiger partial charge in [0, 0.05) is 53.9 Å². The fourth-order valence-corrected chi connectivity index (χ4v) is 3.46. The van der Waals surface area contributed by atoms with Crippen LogP contribution in [0.25, 0.3) is 0 Å². The molecule has 2 aromatic rings. The molecule has 0 aromatic heterocycles. The van der Waals surface area contributed by atoms with Gasteiger partial charge >= 0.3 is 0 Å². The fraction of sp³-hybridized carbons (Fsp3) is 0.263. The largest absolute Gasteiger partial charge is 0.335 e. The Morgan fingerprint density at radius 1 is 0.815 bits per heavy atom. The first-order chi connectivity index (χ1) is 12.5. The molecule has 0 saturated carbocycles. The second-order valence-electron chi connectivity index (χ2n) is 6.14. The van der Waals surface area contributed by atoms with E-state index >= 15 is 0 Å². The summed E-state index contributed by atoms with van der Waals surface area (Å²) >= 11 is 11.9. The summed E-state index contributed by atoms with van der Waals surface area (Å²) in [5.41, 5.74) is 7.65. The minimum absolute atomic E-state index is 0. The molecule has 0 spiro atoms. The van der Waals surface area contributed by atoms with Gasteiger partial charge in [-0.3, -0.25) is 9.59 Å². The first-order valence-electron chi connectivity index (χ1n) is 8.31. The van der Waals surface area contributed by atoms with E-state index in [0.29, 0.717) is 53.9 Å². The quantitative estimate of drug-likeness (QED) is 0.814. The summed E-state index contributed by atoms with van der Waals surface area (Å²) in [7, 11) is 0. The number of rotatable bonds is 3. The van der Waals surface area contributed by atoms with Crippen molar-refractivity contribution in [2.45, 2.75) is 6.54 Å². The molecule has 8 heteroatoms. The van der Waals surface area contributed by atoms with Crippen LogP contribution in [0.4, 0.5) is 0 Å². The van der Waals surface area contributed by atoms with Crippen molar-refractivity contribution in [3.8, 4) is 0 Å². The third-order valence-corrected chi connectivity index (χ3v) is 4.84. The minimum atomic E-state index is -0.131. The van der Waals surface area contributed by atoms with E-state index in [9.17, 15) is 9.59 Å². The number of hydrogen-bond acceptors (Lipinski definition) is 3. The Balaban J connectivity index is 0.00000261. The standard InChI is InChI=1S/C19H19Cl2N3O2.ClH/c20-16-9-15(10-17(21)11-16)19(26)24-7-5-23(6-8-24)18(25)14-3-1-13(12-22)2-4-14;/h1-4,9-11H,5-8,12,22H2;1H. The Morgan fingerprint density at radius 3 is 1.70 bits per heavy atom. The third-order valence-electron chi connectivity index (χ3n) is 4.40. The summed E-state index contributed by atoms with van der Waals surface area (Å²) in [4.78, 5) is 28.7. The molecule has 0 unspecified atom stereocenters. The topological polar surface area (TPSA) is 66.6 Å². The van der Waals surface area contributed by atoms with Crippen LogP contribution < -0.4 is 5.73 Å². The van der Waals surface area contributed by atoms with Crippen LogP contribution in [0, 0.1) is 0 Å². The van der Waals surface area contributed by atoms with Gasteiger partial charge < -0.3 is 15.5 Å². The van der Waals surface area contributed by atoms with Gasteiger partial charge in [0.1, 0.15) is 0 Å². The molecule has 1 aliphatic heterocycles. The van der Waals surface area contributed by atoms with Crippen LogP contribution in [0.1, 0.15) is 26.3 Å². The number of nitrogens with two attached hydrogens (primary N) is 1. The van der Waals surface area contributed by atoms with E-state index in [0.717, 1.165) is 5.56 Å². The highest BCUT2D eigenvalue weighted by Crippen LogP contribution is 2.21. The van der Waals surface area contributed by atoms with E-state index in [1.54, 1.807) is 40.1 Å². The van der Waals surface area contributed by atoms with Gasteiger partial charge in [0.05, 0.1) is 0 Å². The molecule has 0 aliphatic carbocycles. The van der Waals surface area contributed by atoms with Crippen molar-refractivity contribution in [1.29, 1.82) is 0 Å².